The van der Waals surface area contributed by atoms with Crippen LogP contribution in [0.4, 0.5) is 5.69 Å². The molecule has 7 heteroatoms. The van der Waals surface area contributed by atoms with Crippen LogP contribution in [0.5, 0.6) is 5.75 Å². The Morgan fingerprint density at radius 1 is 1.17 bits per heavy atom. The van der Waals surface area contributed by atoms with Crippen LogP contribution in [0.3, 0.4) is 0 Å². The molecule has 0 saturated heterocycles. The van der Waals surface area contributed by atoms with Gasteiger partial charge in [0.05, 0.1) is 19.0 Å². The lowest BCUT2D eigenvalue weighted by Crippen LogP contribution is -2.14. The second-order valence-corrected chi connectivity index (χ2v) is 7.16. The van der Waals surface area contributed by atoms with Crippen molar-refractivity contribution in [3.05, 3.63) is 59.6 Å². The molecule has 0 atom stereocenters. The number of ether oxygens (including phenoxy) is 1. The zero-order chi connectivity index (χ0) is 16.3. The maximum atomic E-state index is 12.7. The van der Waals surface area contributed by atoms with E-state index in [9.17, 15) is 8.42 Å². The first-order chi connectivity index (χ1) is 11.1. The fourth-order valence-corrected chi connectivity index (χ4v) is 4.03. The second kappa shape index (κ2) is 6.39. The summed E-state index contributed by atoms with van der Waals surface area (Å²) in [7, 11) is -2.33. The van der Waals surface area contributed by atoms with Gasteiger partial charge in [-0.15, -0.1) is 0 Å². The molecule has 0 amide bonds. The maximum Gasteiger partial charge on any atom is 0.265 e. The van der Waals surface area contributed by atoms with Crippen LogP contribution < -0.4 is 9.46 Å². The van der Waals surface area contributed by atoms with Crippen LogP contribution in [0, 0.1) is 0 Å². The van der Waals surface area contributed by atoms with Gasteiger partial charge in [0.1, 0.15) is 10.6 Å². The van der Waals surface area contributed by atoms with Gasteiger partial charge in [-0.05, 0) is 52.2 Å². The molecule has 1 N–H and O–H groups in total. The standard InChI is InChI=1S/C16H14N2O3S2/c1-21-15-5-4-12(13-6-8-22-11-13)9-16(15)23(19,20)18-14-3-2-7-17-10-14/h2-11,18H,1H3. The third-order valence-corrected chi connectivity index (χ3v) is 5.31. The second-order valence-electron chi connectivity index (χ2n) is 4.72. The quantitative estimate of drug-likeness (QED) is 0.766. The van der Waals surface area contributed by atoms with Crippen LogP contribution in [-0.2, 0) is 10.0 Å². The van der Waals surface area contributed by atoms with Gasteiger partial charge in [0.25, 0.3) is 10.0 Å². The van der Waals surface area contributed by atoms with Gasteiger partial charge in [0.15, 0.2) is 0 Å². The molecule has 0 fully saturated rings. The van der Waals surface area contributed by atoms with Crippen molar-refractivity contribution in [2.45, 2.75) is 4.90 Å². The van der Waals surface area contributed by atoms with Gasteiger partial charge in [-0.3, -0.25) is 9.71 Å². The molecule has 23 heavy (non-hydrogen) atoms. The predicted molar refractivity (Wildman–Crippen MR) is 91.4 cm³/mol. The number of hydrogen-bond acceptors (Lipinski definition) is 5. The van der Waals surface area contributed by atoms with Crippen molar-refractivity contribution in [3.63, 3.8) is 0 Å². The summed E-state index contributed by atoms with van der Waals surface area (Å²) in [5, 5.41) is 3.91. The molecule has 3 aromatic rings. The van der Waals surface area contributed by atoms with Crippen molar-refractivity contribution in [1.82, 2.24) is 4.98 Å². The van der Waals surface area contributed by atoms with Crippen LogP contribution in [0.1, 0.15) is 0 Å². The molecule has 0 spiro atoms. The van der Waals surface area contributed by atoms with Crippen molar-refractivity contribution >= 4 is 27.0 Å². The zero-order valence-corrected chi connectivity index (χ0v) is 13.9. The van der Waals surface area contributed by atoms with Crippen molar-refractivity contribution in [3.8, 4) is 16.9 Å². The molecule has 2 heterocycles. The third kappa shape index (κ3) is 3.35. The average molecular weight is 346 g/mol. The number of sulfonamides is 1. The van der Waals surface area contributed by atoms with Crippen LogP contribution in [0.25, 0.3) is 11.1 Å². The molecular formula is C16H14N2O3S2. The Kier molecular flexibility index (Phi) is 4.31. The van der Waals surface area contributed by atoms with Gasteiger partial charge in [-0.1, -0.05) is 6.07 Å². The minimum Gasteiger partial charge on any atom is -0.495 e. The first-order valence-electron chi connectivity index (χ1n) is 6.73. The topological polar surface area (TPSA) is 68.3 Å². The van der Waals surface area contributed by atoms with Gasteiger partial charge in [0, 0.05) is 6.20 Å². The smallest absolute Gasteiger partial charge is 0.265 e. The number of rotatable bonds is 5. The molecule has 3 rings (SSSR count). The van der Waals surface area contributed by atoms with E-state index in [1.54, 1.807) is 41.8 Å². The van der Waals surface area contributed by atoms with Crippen LogP contribution >= 0.6 is 11.3 Å². The lowest BCUT2D eigenvalue weighted by atomic mass is 10.1. The van der Waals surface area contributed by atoms with Crippen LogP contribution in [-0.4, -0.2) is 20.5 Å². The van der Waals surface area contributed by atoms with Gasteiger partial charge >= 0.3 is 0 Å². The fraction of sp³-hybridized carbons (Fsp3) is 0.0625. The Morgan fingerprint density at radius 2 is 2.04 bits per heavy atom. The highest BCUT2D eigenvalue weighted by Gasteiger charge is 2.20. The molecule has 0 saturated carbocycles. The molecule has 0 aliphatic rings. The predicted octanol–water partition coefficient (Wildman–Crippen LogP) is 3.62. The van der Waals surface area contributed by atoms with E-state index in [2.05, 4.69) is 9.71 Å². The first-order valence-corrected chi connectivity index (χ1v) is 9.16. The number of methoxy groups -OCH3 is 1. The summed E-state index contributed by atoms with van der Waals surface area (Å²) in [6.45, 7) is 0. The van der Waals surface area contributed by atoms with Gasteiger partial charge in [0.2, 0.25) is 0 Å². The molecule has 1 aromatic carbocycles. The number of nitrogens with one attached hydrogen (secondary N) is 1. The molecule has 118 valence electrons. The number of hydrogen-bond donors (Lipinski definition) is 1. The molecule has 0 unspecified atom stereocenters. The molecule has 2 aromatic heterocycles. The summed E-state index contributed by atoms with van der Waals surface area (Å²) in [5.41, 5.74) is 2.18. The zero-order valence-electron chi connectivity index (χ0n) is 12.3. The molecule has 5 nitrogen and oxygen atoms in total. The Hall–Kier alpha value is -2.38. The first kappa shape index (κ1) is 15.5. The van der Waals surface area contributed by atoms with Crippen molar-refractivity contribution in [2.75, 3.05) is 11.8 Å². The summed E-state index contributed by atoms with van der Waals surface area (Å²) >= 11 is 1.56. The van der Waals surface area contributed by atoms with Gasteiger partial charge < -0.3 is 4.74 Å². The minimum absolute atomic E-state index is 0.0903. The third-order valence-electron chi connectivity index (χ3n) is 3.22. The summed E-state index contributed by atoms with van der Waals surface area (Å²) in [5.74, 6) is 0.292. The number of aromatic nitrogens is 1. The van der Waals surface area contributed by atoms with E-state index in [0.29, 0.717) is 11.4 Å². The molecule has 0 bridgehead atoms. The lowest BCUT2D eigenvalue weighted by Gasteiger charge is -2.12. The monoisotopic (exact) mass is 346 g/mol. The van der Waals surface area contributed by atoms with E-state index >= 15 is 0 Å². The Balaban J connectivity index is 2.04. The van der Waals surface area contributed by atoms with Crippen molar-refractivity contribution < 1.29 is 13.2 Å². The Bertz CT molecular complexity index is 892. The number of pyridine rings is 1. The summed E-state index contributed by atoms with van der Waals surface area (Å²) < 4.78 is 33.1. The molecule has 0 radical (unpaired) electrons. The van der Waals surface area contributed by atoms with Crippen LogP contribution in [0.2, 0.25) is 0 Å². The highest BCUT2D eigenvalue weighted by atomic mass is 32.2. The largest absolute Gasteiger partial charge is 0.495 e. The van der Waals surface area contributed by atoms with Gasteiger partial charge in [-0.2, -0.15) is 11.3 Å². The maximum absolute atomic E-state index is 12.7. The van der Waals surface area contributed by atoms with E-state index in [1.165, 1.54) is 13.3 Å². The fourth-order valence-electron chi connectivity index (χ4n) is 2.13. The Morgan fingerprint density at radius 3 is 2.70 bits per heavy atom. The number of thiophene rings is 1. The van der Waals surface area contributed by atoms with Crippen molar-refractivity contribution in [1.29, 1.82) is 0 Å². The number of benzene rings is 1. The van der Waals surface area contributed by atoms with E-state index in [4.69, 9.17) is 4.74 Å². The number of anilines is 1. The van der Waals surface area contributed by atoms with E-state index in [1.807, 2.05) is 22.9 Å². The lowest BCUT2D eigenvalue weighted by molar-refractivity contribution is 0.403. The van der Waals surface area contributed by atoms with Crippen LogP contribution in [0.15, 0.2) is 64.4 Å². The van der Waals surface area contributed by atoms with Crippen molar-refractivity contribution in [2.24, 2.45) is 0 Å². The minimum atomic E-state index is -3.78. The summed E-state index contributed by atoms with van der Waals surface area (Å²) in [4.78, 5) is 4.00. The molecule has 0 aliphatic carbocycles. The molecule has 0 aliphatic heterocycles. The average Bonchev–Trinajstić information content (AvgIpc) is 3.09. The summed E-state index contributed by atoms with van der Waals surface area (Å²) in [6.07, 6.45) is 3.03. The molecular weight excluding hydrogens is 332 g/mol. The Labute approximate surface area is 138 Å². The number of nitrogens with zero attached hydrogens (tertiary/aromatic N) is 1. The summed E-state index contributed by atoms with van der Waals surface area (Å²) in [6, 6.07) is 10.3. The SMILES string of the molecule is COc1ccc(-c2ccsc2)cc1S(=O)(=O)Nc1cccnc1. The van der Waals surface area contributed by atoms with E-state index in [0.717, 1.165) is 11.1 Å². The highest BCUT2D eigenvalue weighted by molar-refractivity contribution is 7.92. The van der Waals surface area contributed by atoms with Gasteiger partial charge in [-0.25, -0.2) is 8.42 Å². The normalized spacial score (nSPS) is 11.2. The van der Waals surface area contributed by atoms with E-state index in [-0.39, 0.29) is 4.90 Å². The van der Waals surface area contributed by atoms with E-state index < -0.39 is 10.0 Å². The highest BCUT2D eigenvalue weighted by Crippen LogP contribution is 2.31.